The van der Waals surface area contributed by atoms with Gasteiger partial charge in [-0.1, -0.05) is 6.92 Å². The minimum Gasteiger partial charge on any atom is -0.484 e. The summed E-state index contributed by atoms with van der Waals surface area (Å²) >= 11 is 0. The van der Waals surface area contributed by atoms with Crippen molar-refractivity contribution in [3.8, 4) is 5.75 Å². The van der Waals surface area contributed by atoms with Crippen LogP contribution in [-0.4, -0.2) is 24.3 Å². The zero-order chi connectivity index (χ0) is 13.5. The van der Waals surface area contributed by atoms with Gasteiger partial charge in [0, 0.05) is 12.0 Å². The Labute approximate surface area is 104 Å². The third kappa shape index (κ3) is 4.25. The smallest absolute Gasteiger partial charge is 0.318 e. The van der Waals surface area contributed by atoms with Gasteiger partial charge < -0.3 is 10.5 Å². The van der Waals surface area contributed by atoms with Gasteiger partial charge in [-0.25, -0.2) is 4.79 Å². The third-order valence-electron chi connectivity index (χ3n) is 2.13. The highest BCUT2D eigenvalue weighted by molar-refractivity contribution is 5.96. The molecule has 96 valence electrons. The maximum atomic E-state index is 11.4. The predicted octanol–water partition coefficient (Wildman–Crippen LogP) is 0.853. The van der Waals surface area contributed by atoms with E-state index in [1.165, 1.54) is 0 Å². The topological polar surface area (TPSA) is 98.5 Å². The number of hydrogen-bond acceptors (Lipinski definition) is 4. The van der Waals surface area contributed by atoms with Crippen molar-refractivity contribution < 1.29 is 19.1 Å². The van der Waals surface area contributed by atoms with Crippen LogP contribution in [0.4, 0.5) is 4.79 Å². The maximum absolute atomic E-state index is 11.4. The minimum absolute atomic E-state index is 0.0352. The first-order chi connectivity index (χ1) is 8.52. The number of benzene rings is 1. The Morgan fingerprint density at radius 3 is 2.33 bits per heavy atom. The van der Waals surface area contributed by atoms with E-state index >= 15 is 0 Å². The molecule has 1 rings (SSSR count). The van der Waals surface area contributed by atoms with Crippen LogP contribution in [0.15, 0.2) is 24.3 Å². The zero-order valence-corrected chi connectivity index (χ0v) is 9.93. The molecule has 3 amide bonds. The van der Waals surface area contributed by atoms with Gasteiger partial charge in [0.2, 0.25) is 0 Å². The van der Waals surface area contributed by atoms with Crippen molar-refractivity contribution >= 4 is 17.7 Å². The fourth-order valence-corrected chi connectivity index (χ4v) is 1.26. The first-order valence-corrected chi connectivity index (χ1v) is 5.38. The summed E-state index contributed by atoms with van der Waals surface area (Å²) < 4.78 is 5.11. The number of Topliss-reactive ketones (excluding diaryl/α,β-unsaturated/α-hetero) is 1. The lowest BCUT2D eigenvalue weighted by molar-refractivity contribution is -0.121. The van der Waals surface area contributed by atoms with E-state index in [1.807, 2.05) is 5.32 Å². The molecule has 0 atom stereocenters. The van der Waals surface area contributed by atoms with Gasteiger partial charge in [-0.3, -0.25) is 14.9 Å². The largest absolute Gasteiger partial charge is 0.484 e. The summed E-state index contributed by atoms with van der Waals surface area (Å²) in [6.45, 7) is 1.46. The number of imide groups is 1. The molecule has 0 saturated carbocycles. The highest BCUT2D eigenvalue weighted by atomic mass is 16.5. The van der Waals surface area contributed by atoms with E-state index < -0.39 is 11.9 Å². The van der Waals surface area contributed by atoms with E-state index in [4.69, 9.17) is 10.5 Å². The van der Waals surface area contributed by atoms with Gasteiger partial charge in [0.1, 0.15) is 5.75 Å². The lowest BCUT2D eigenvalue weighted by Crippen LogP contribution is -2.38. The van der Waals surface area contributed by atoms with Gasteiger partial charge >= 0.3 is 6.03 Å². The van der Waals surface area contributed by atoms with Crippen molar-refractivity contribution in [2.45, 2.75) is 13.3 Å². The Balaban J connectivity index is 2.51. The van der Waals surface area contributed by atoms with Crippen LogP contribution in [0.25, 0.3) is 0 Å². The summed E-state index contributed by atoms with van der Waals surface area (Å²) in [5.74, 6) is -0.161. The molecular weight excluding hydrogens is 236 g/mol. The number of ketones is 1. The number of ether oxygens (including phenoxy) is 1. The summed E-state index contributed by atoms with van der Waals surface area (Å²) in [5.41, 5.74) is 5.36. The van der Waals surface area contributed by atoms with E-state index in [9.17, 15) is 14.4 Å². The number of amides is 3. The van der Waals surface area contributed by atoms with Crippen LogP contribution in [0, 0.1) is 0 Å². The monoisotopic (exact) mass is 250 g/mol. The molecule has 0 aromatic heterocycles. The molecular formula is C12H14N2O4. The molecule has 0 bridgehead atoms. The van der Waals surface area contributed by atoms with E-state index in [0.29, 0.717) is 17.7 Å². The summed E-state index contributed by atoms with van der Waals surface area (Å²) in [6.07, 6.45) is 0.432. The highest BCUT2D eigenvalue weighted by Gasteiger charge is 2.06. The number of nitrogens with one attached hydrogen (secondary N) is 1. The number of primary amides is 1. The Morgan fingerprint density at radius 1 is 1.22 bits per heavy atom. The fraction of sp³-hybridized carbons (Fsp3) is 0.250. The second kappa shape index (κ2) is 6.39. The minimum atomic E-state index is -0.924. The third-order valence-corrected chi connectivity index (χ3v) is 2.13. The van der Waals surface area contributed by atoms with Gasteiger partial charge in [-0.15, -0.1) is 0 Å². The molecule has 6 nitrogen and oxygen atoms in total. The van der Waals surface area contributed by atoms with E-state index in [-0.39, 0.29) is 12.4 Å². The van der Waals surface area contributed by atoms with E-state index in [2.05, 4.69) is 0 Å². The first-order valence-electron chi connectivity index (χ1n) is 5.38. The number of hydrogen-bond donors (Lipinski definition) is 2. The maximum Gasteiger partial charge on any atom is 0.318 e. The van der Waals surface area contributed by atoms with Gasteiger partial charge in [0.05, 0.1) is 0 Å². The van der Waals surface area contributed by atoms with Crippen LogP contribution in [-0.2, 0) is 4.79 Å². The number of nitrogens with two attached hydrogens (primary N) is 1. The number of urea groups is 1. The molecule has 0 aliphatic rings. The normalized spacial score (nSPS) is 9.61. The van der Waals surface area contributed by atoms with Gasteiger partial charge in [0.25, 0.3) is 5.91 Å². The number of carbonyl (C=O) groups excluding carboxylic acids is 3. The predicted molar refractivity (Wildman–Crippen MR) is 64.3 cm³/mol. The molecule has 0 radical (unpaired) electrons. The van der Waals surface area contributed by atoms with Gasteiger partial charge in [0.15, 0.2) is 12.4 Å². The Hall–Kier alpha value is -2.37. The van der Waals surface area contributed by atoms with Crippen LogP contribution in [0.3, 0.4) is 0 Å². The fourth-order valence-electron chi connectivity index (χ4n) is 1.26. The average molecular weight is 250 g/mol. The van der Waals surface area contributed by atoms with Crippen LogP contribution in [0.2, 0.25) is 0 Å². The molecule has 0 aliphatic carbocycles. The number of rotatable bonds is 5. The molecule has 3 N–H and O–H groups in total. The molecule has 0 unspecified atom stereocenters. The van der Waals surface area contributed by atoms with Crippen molar-refractivity contribution in [2.24, 2.45) is 5.73 Å². The lowest BCUT2D eigenvalue weighted by atomic mass is 10.1. The molecule has 6 heteroatoms. The van der Waals surface area contributed by atoms with Crippen LogP contribution in [0.1, 0.15) is 23.7 Å². The van der Waals surface area contributed by atoms with Crippen LogP contribution < -0.4 is 15.8 Å². The first kappa shape index (κ1) is 13.7. The molecule has 1 aromatic carbocycles. The molecule has 0 aliphatic heterocycles. The van der Waals surface area contributed by atoms with E-state index in [0.717, 1.165) is 0 Å². The number of carbonyl (C=O) groups is 3. The SMILES string of the molecule is CCC(=O)c1ccc(OCC(=O)NC(N)=O)cc1. The second-order valence-corrected chi connectivity index (χ2v) is 3.50. The lowest BCUT2D eigenvalue weighted by Gasteiger charge is -2.06. The standard InChI is InChI=1S/C12H14N2O4/c1-2-10(15)8-3-5-9(6-4-8)18-7-11(16)14-12(13)17/h3-6H,2,7H2,1H3,(H3,13,14,16,17). The quantitative estimate of drug-likeness (QED) is 0.757. The van der Waals surface area contributed by atoms with Gasteiger partial charge in [-0.05, 0) is 24.3 Å². The van der Waals surface area contributed by atoms with Crippen LogP contribution in [0.5, 0.6) is 5.75 Å². The van der Waals surface area contributed by atoms with Gasteiger partial charge in [-0.2, -0.15) is 0 Å². The Kier molecular flexibility index (Phi) is 4.86. The van der Waals surface area contributed by atoms with Crippen molar-refractivity contribution in [2.75, 3.05) is 6.61 Å². The van der Waals surface area contributed by atoms with Crippen molar-refractivity contribution in [1.29, 1.82) is 0 Å². The summed E-state index contributed by atoms with van der Waals surface area (Å²) in [6, 6.07) is 5.48. The molecule has 18 heavy (non-hydrogen) atoms. The van der Waals surface area contributed by atoms with Crippen molar-refractivity contribution in [3.63, 3.8) is 0 Å². The van der Waals surface area contributed by atoms with Crippen molar-refractivity contribution in [1.82, 2.24) is 5.32 Å². The summed E-state index contributed by atoms with van der Waals surface area (Å²) in [4.78, 5) is 32.8. The Morgan fingerprint density at radius 2 is 1.83 bits per heavy atom. The average Bonchev–Trinajstić information content (AvgIpc) is 2.35. The van der Waals surface area contributed by atoms with E-state index in [1.54, 1.807) is 31.2 Å². The molecule has 1 aromatic rings. The molecule has 0 heterocycles. The van der Waals surface area contributed by atoms with Crippen molar-refractivity contribution in [3.05, 3.63) is 29.8 Å². The molecule has 0 spiro atoms. The van der Waals surface area contributed by atoms with Crippen LogP contribution >= 0.6 is 0 Å². The second-order valence-electron chi connectivity index (χ2n) is 3.50. The summed E-state index contributed by atoms with van der Waals surface area (Å²) in [7, 11) is 0. The summed E-state index contributed by atoms with van der Waals surface area (Å²) in [5, 5.41) is 1.87. The highest BCUT2D eigenvalue weighted by Crippen LogP contribution is 2.13. The molecule has 0 fully saturated rings. The molecule has 0 saturated heterocycles. The zero-order valence-electron chi connectivity index (χ0n) is 9.93. The Bertz CT molecular complexity index is 454.